The van der Waals surface area contributed by atoms with Crippen molar-refractivity contribution in [3.63, 3.8) is 0 Å². The first-order valence-corrected chi connectivity index (χ1v) is 6.66. The number of nitrogens with one attached hydrogen (secondary N) is 2. The van der Waals surface area contributed by atoms with Crippen LogP contribution in [0.2, 0.25) is 0 Å². The Morgan fingerprint density at radius 1 is 1.35 bits per heavy atom. The zero-order valence-electron chi connectivity index (χ0n) is 10.2. The van der Waals surface area contributed by atoms with Gasteiger partial charge in [-0.2, -0.15) is 0 Å². The van der Waals surface area contributed by atoms with Crippen LogP contribution in [0.4, 0.5) is 5.82 Å². The van der Waals surface area contributed by atoms with Crippen LogP contribution in [0.5, 0.6) is 0 Å². The molecule has 0 aromatic carbocycles. The fourth-order valence-corrected chi connectivity index (χ4v) is 1.66. The molecular weight excluding hydrogens is 282 g/mol. The van der Waals surface area contributed by atoms with Gasteiger partial charge in [0, 0.05) is 23.8 Å². The molecule has 1 amide bonds. The number of aromatic nitrogens is 1. The molecule has 94 valence electrons. The van der Waals surface area contributed by atoms with Crippen molar-refractivity contribution in [2.24, 2.45) is 0 Å². The van der Waals surface area contributed by atoms with Gasteiger partial charge in [-0.25, -0.2) is 4.98 Å². The van der Waals surface area contributed by atoms with Gasteiger partial charge in [0.2, 0.25) is 0 Å². The molecule has 1 aromatic heterocycles. The third-order valence-corrected chi connectivity index (χ3v) is 2.61. The van der Waals surface area contributed by atoms with Crippen molar-refractivity contribution in [1.29, 1.82) is 0 Å². The highest BCUT2D eigenvalue weighted by Gasteiger charge is 2.12. The molecule has 0 saturated carbocycles. The molecular formula is C12H18BrN3O. The largest absolute Gasteiger partial charge is 0.369 e. The summed E-state index contributed by atoms with van der Waals surface area (Å²) in [4.78, 5) is 16.2. The van der Waals surface area contributed by atoms with E-state index in [2.05, 4.69) is 38.5 Å². The third kappa shape index (κ3) is 4.34. The van der Waals surface area contributed by atoms with Gasteiger partial charge in [0.05, 0.1) is 5.56 Å². The van der Waals surface area contributed by atoms with Crippen LogP contribution in [0.1, 0.15) is 37.0 Å². The van der Waals surface area contributed by atoms with Crippen molar-refractivity contribution in [2.75, 3.05) is 18.4 Å². The van der Waals surface area contributed by atoms with Gasteiger partial charge >= 0.3 is 0 Å². The lowest BCUT2D eigenvalue weighted by molar-refractivity contribution is 0.0954. The number of anilines is 1. The van der Waals surface area contributed by atoms with E-state index >= 15 is 0 Å². The van der Waals surface area contributed by atoms with Gasteiger partial charge in [-0.05, 0) is 34.8 Å². The number of nitrogens with zero attached hydrogens (tertiary/aromatic N) is 1. The van der Waals surface area contributed by atoms with E-state index in [4.69, 9.17) is 0 Å². The second-order valence-corrected chi connectivity index (χ2v) is 4.65. The fraction of sp³-hybridized carbons (Fsp3) is 0.500. The monoisotopic (exact) mass is 299 g/mol. The number of halogens is 1. The van der Waals surface area contributed by atoms with Crippen molar-refractivity contribution in [2.45, 2.75) is 26.7 Å². The third-order valence-electron chi connectivity index (χ3n) is 2.18. The molecule has 4 nitrogen and oxygen atoms in total. The highest BCUT2D eigenvalue weighted by Crippen LogP contribution is 2.18. The lowest BCUT2D eigenvalue weighted by atomic mass is 10.2. The second-order valence-electron chi connectivity index (χ2n) is 3.73. The lowest BCUT2D eigenvalue weighted by Gasteiger charge is -2.10. The van der Waals surface area contributed by atoms with E-state index in [-0.39, 0.29) is 5.91 Å². The first-order chi connectivity index (χ1) is 8.19. The summed E-state index contributed by atoms with van der Waals surface area (Å²) in [5, 5.41) is 6.01. The molecule has 1 aromatic rings. The van der Waals surface area contributed by atoms with Gasteiger partial charge in [0.25, 0.3) is 5.91 Å². The summed E-state index contributed by atoms with van der Waals surface area (Å²) in [7, 11) is 0. The van der Waals surface area contributed by atoms with E-state index in [1.54, 1.807) is 12.3 Å². The highest BCUT2D eigenvalue weighted by atomic mass is 79.9. The number of hydrogen-bond acceptors (Lipinski definition) is 3. The Labute approximate surface area is 110 Å². The van der Waals surface area contributed by atoms with E-state index in [0.717, 1.165) is 23.9 Å². The molecule has 1 heterocycles. The van der Waals surface area contributed by atoms with E-state index in [9.17, 15) is 4.79 Å². The maximum atomic E-state index is 11.9. The number of carbonyl (C=O) groups excluding carboxylic acids is 1. The summed E-state index contributed by atoms with van der Waals surface area (Å²) < 4.78 is 0.807. The average molecular weight is 300 g/mol. The summed E-state index contributed by atoms with van der Waals surface area (Å²) in [6, 6.07) is 1.79. The number of carbonyl (C=O) groups is 1. The molecule has 0 fully saturated rings. The van der Waals surface area contributed by atoms with Gasteiger partial charge in [-0.15, -0.1) is 0 Å². The molecule has 0 spiro atoms. The number of pyridine rings is 1. The zero-order chi connectivity index (χ0) is 12.7. The van der Waals surface area contributed by atoms with Crippen LogP contribution in [0.3, 0.4) is 0 Å². The van der Waals surface area contributed by atoms with Crippen LogP contribution < -0.4 is 10.6 Å². The van der Waals surface area contributed by atoms with Crippen molar-refractivity contribution in [3.05, 3.63) is 22.3 Å². The fourth-order valence-electron chi connectivity index (χ4n) is 1.33. The minimum atomic E-state index is -0.0840. The average Bonchev–Trinajstić information content (AvgIpc) is 2.34. The predicted molar refractivity (Wildman–Crippen MR) is 73.3 cm³/mol. The predicted octanol–water partition coefficient (Wildman–Crippen LogP) is 2.81. The van der Waals surface area contributed by atoms with Gasteiger partial charge < -0.3 is 10.6 Å². The molecule has 1 rings (SSSR count). The summed E-state index contributed by atoms with van der Waals surface area (Å²) >= 11 is 3.33. The zero-order valence-corrected chi connectivity index (χ0v) is 11.8. The van der Waals surface area contributed by atoms with Crippen LogP contribution in [0.25, 0.3) is 0 Å². The number of amides is 1. The molecule has 5 heteroatoms. The minimum Gasteiger partial charge on any atom is -0.369 e. The van der Waals surface area contributed by atoms with E-state index < -0.39 is 0 Å². The Bertz CT molecular complexity index is 382. The Kier molecular flexibility index (Phi) is 5.97. The van der Waals surface area contributed by atoms with Gasteiger partial charge in [-0.1, -0.05) is 13.8 Å². The van der Waals surface area contributed by atoms with Crippen molar-refractivity contribution in [1.82, 2.24) is 10.3 Å². The molecule has 0 aliphatic rings. The van der Waals surface area contributed by atoms with Crippen LogP contribution >= 0.6 is 15.9 Å². The molecule has 0 bridgehead atoms. The standard InChI is InChI=1S/C12H18BrN3O/c1-3-5-14-11-10(7-9(13)8-16-11)12(17)15-6-4-2/h7-8H,3-6H2,1-2H3,(H,14,16)(H,15,17). The molecule has 0 unspecified atom stereocenters. The second kappa shape index (κ2) is 7.27. The quantitative estimate of drug-likeness (QED) is 0.849. The van der Waals surface area contributed by atoms with Gasteiger partial charge in [0.1, 0.15) is 5.82 Å². The molecule has 0 aliphatic heterocycles. The summed E-state index contributed by atoms with van der Waals surface area (Å²) in [5.41, 5.74) is 0.585. The van der Waals surface area contributed by atoms with Crippen molar-refractivity contribution >= 4 is 27.7 Å². The lowest BCUT2D eigenvalue weighted by Crippen LogP contribution is -2.25. The van der Waals surface area contributed by atoms with Crippen molar-refractivity contribution < 1.29 is 4.79 Å². The highest BCUT2D eigenvalue weighted by molar-refractivity contribution is 9.10. The number of hydrogen-bond donors (Lipinski definition) is 2. The maximum absolute atomic E-state index is 11.9. The first kappa shape index (κ1) is 14.0. The van der Waals surface area contributed by atoms with E-state index in [0.29, 0.717) is 17.9 Å². The Morgan fingerprint density at radius 3 is 2.71 bits per heavy atom. The topological polar surface area (TPSA) is 54.0 Å². The Balaban J connectivity index is 2.85. The molecule has 0 aliphatic carbocycles. The number of rotatable bonds is 6. The van der Waals surface area contributed by atoms with Gasteiger partial charge in [0.15, 0.2) is 0 Å². The Morgan fingerprint density at radius 2 is 2.06 bits per heavy atom. The molecule has 0 saturated heterocycles. The van der Waals surface area contributed by atoms with E-state index in [1.807, 2.05) is 6.92 Å². The smallest absolute Gasteiger partial charge is 0.255 e. The van der Waals surface area contributed by atoms with Crippen LogP contribution in [-0.4, -0.2) is 24.0 Å². The molecule has 0 atom stereocenters. The van der Waals surface area contributed by atoms with Gasteiger partial charge in [-0.3, -0.25) is 4.79 Å². The minimum absolute atomic E-state index is 0.0840. The SMILES string of the molecule is CCCNC(=O)c1cc(Br)cnc1NCCC. The maximum Gasteiger partial charge on any atom is 0.255 e. The van der Waals surface area contributed by atoms with Crippen LogP contribution in [0, 0.1) is 0 Å². The molecule has 17 heavy (non-hydrogen) atoms. The van der Waals surface area contributed by atoms with Crippen molar-refractivity contribution in [3.8, 4) is 0 Å². The summed E-state index contributed by atoms with van der Waals surface area (Å²) in [6.45, 7) is 5.58. The molecule has 2 N–H and O–H groups in total. The molecule has 0 radical (unpaired) electrons. The van der Waals surface area contributed by atoms with E-state index in [1.165, 1.54) is 0 Å². The summed E-state index contributed by atoms with van der Waals surface area (Å²) in [6.07, 6.45) is 3.60. The van der Waals surface area contributed by atoms with Crippen LogP contribution in [-0.2, 0) is 0 Å². The normalized spacial score (nSPS) is 10.1. The summed E-state index contributed by atoms with van der Waals surface area (Å²) in [5.74, 6) is 0.558. The first-order valence-electron chi connectivity index (χ1n) is 5.86. The Hall–Kier alpha value is -1.10. The van der Waals surface area contributed by atoms with Crippen LogP contribution in [0.15, 0.2) is 16.7 Å².